The van der Waals surface area contributed by atoms with Crippen molar-refractivity contribution in [1.29, 1.82) is 0 Å². The first-order valence-corrected chi connectivity index (χ1v) is 7.50. The fraction of sp³-hybridized carbons (Fsp3) is 0.111. The molecule has 1 aromatic carbocycles. The van der Waals surface area contributed by atoms with Crippen molar-refractivity contribution in [3.8, 4) is 0 Å². The third-order valence-electron chi connectivity index (χ3n) is 3.70. The molecule has 0 radical (unpaired) electrons. The highest BCUT2D eigenvalue weighted by molar-refractivity contribution is 5.95. The van der Waals surface area contributed by atoms with Crippen LogP contribution < -0.4 is 11.1 Å². The monoisotopic (exact) mass is 323 g/mol. The van der Waals surface area contributed by atoms with Gasteiger partial charge in [-0.1, -0.05) is 18.2 Å². The summed E-state index contributed by atoms with van der Waals surface area (Å²) in [4.78, 5) is 26.8. The van der Waals surface area contributed by atoms with Gasteiger partial charge in [-0.15, -0.1) is 0 Å². The molecule has 2 amide bonds. The van der Waals surface area contributed by atoms with E-state index >= 15 is 0 Å². The highest BCUT2D eigenvalue weighted by Gasteiger charge is 2.19. The molecule has 0 aliphatic rings. The van der Waals surface area contributed by atoms with E-state index in [9.17, 15) is 9.59 Å². The summed E-state index contributed by atoms with van der Waals surface area (Å²) >= 11 is 0. The van der Waals surface area contributed by atoms with E-state index in [2.05, 4.69) is 10.3 Å². The van der Waals surface area contributed by atoms with Crippen LogP contribution in [-0.2, 0) is 16.0 Å². The van der Waals surface area contributed by atoms with E-state index in [0.717, 1.165) is 16.5 Å². The second-order valence-corrected chi connectivity index (χ2v) is 5.38. The number of carbonyl (C=O) groups is 2. The van der Waals surface area contributed by atoms with E-state index in [1.165, 1.54) is 18.4 Å². The van der Waals surface area contributed by atoms with Crippen LogP contribution in [0.25, 0.3) is 17.0 Å². The molecular weight excluding hydrogens is 306 g/mol. The summed E-state index contributed by atoms with van der Waals surface area (Å²) in [5.74, 6) is -0.438. The number of primary amides is 1. The lowest BCUT2D eigenvalue weighted by Crippen LogP contribution is -2.45. The molecule has 24 heavy (non-hydrogen) atoms. The quantitative estimate of drug-likeness (QED) is 0.605. The minimum absolute atomic E-state index is 0.319. The fourth-order valence-corrected chi connectivity index (χ4v) is 2.51. The molecule has 0 aliphatic carbocycles. The van der Waals surface area contributed by atoms with Gasteiger partial charge in [0.1, 0.15) is 11.8 Å². The Morgan fingerprint density at radius 2 is 2.08 bits per heavy atom. The lowest BCUT2D eigenvalue weighted by atomic mass is 10.0. The summed E-state index contributed by atoms with van der Waals surface area (Å²) in [6.45, 7) is 0. The highest BCUT2D eigenvalue weighted by atomic mass is 16.3. The number of H-pyrrole nitrogens is 1. The van der Waals surface area contributed by atoms with Crippen molar-refractivity contribution in [1.82, 2.24) is 10.3 Å². The van der Waals surface area contributed by atoms with Crippen molar-refractivity contribution in [3.63, 3.8) is 0 Å². The lowest BCUT2D eigenvalue weighted by molar-refractivity contribution is -0.124. The lowest BCUT2D eigenvalue weighted by Gasteiger charge is -2.13. The molecule has 4 N–H and O–H groups in total. The van der Waals surface area contributed by atoms with E-state index in [-0.39, 0.29) is 0 Å². The number of carbonyl (C=O) groups excluding carboxylic acids is 2. The van der Waals surface area contributed by atoms with Gasteiger partial charge in [-0.25, -0.2) is 0 Å². The van der Waals surface area contributed by atoms with Crippen LogP contribution in [0.2, 0.25) is 0 Å². The first-order chi connectivity index (χ1) is 11.6. The number of hydrogen-bond donors (Lipinski definition) is 3. The van der Waals surface area contributed by atoms with E-state index < -0.39 is 17.9 Å². The van der Waals surface area contributed by atoms with Gasteiger partial charge in [0.15, 0.2) is 0 Å². The van der Waals surface area contributed by atoms with E-state index in [4.69, 9.17) is 10.2 Å². The Morgan fingerprint density at radius 1 is 1.25 bits per heavy atom. The molecule has 0 aliphatic heterocycles. The van der Waals surface area contributed by atoms with Gasteiger partial charge in [-0.3, -0.25) is 9.59 Å². The minimum Gasteiger partial charge on any atom is -0.465 e. The predicted octanol–water partition coefficient (Wildman–Crippen LogP) is 1.99. The molecule has 0 spiro atoms. The zero-order valence-corrected chi connectivity index (χ0v) is 12.9. The standard InChI is InChI=1S/C18H17N3O3/c19-18(23)16(21-17(22)8-7-13-4-3-9-24-13)10-12-11-20-15-6-2-1-5-14(12)15/h1-9,11,16,20H,10H2,(H2,19,23)(H,21,22)/b8-7+/t16-/m0/s1. The molecule has 1 atom stereocenters. The van der Waals surface area contributed by atoms with E-state index in [0.29, 0.717) is 12.2 Å². The van der Waals surface area contributed by atoms with Gasteiger partial charge in [0.25, 0.3) is 0 Å². The van der Waals surface area contributed by atoms with Gasteiger partial charge in [0.05, 0.1) is 6.26 Å². The number of furan rings is 1. The Hall–Kier alpha value is -3.28. The van der Waals surface area contributed by atoms with Crippen molar-refractivity contribution in [2.75, 3.05) is 0 Å². The van der Waals surface area contributed by atoms with Crippen molar-refractivity contribution >= 4 is 28.8 Å². The molecule has 3 aromatic rings. The van der Waals surface area contributed by atoms with Crippen molar-refractivity contribution in [2.45, 2.75) is 12.5 Å². The average Bonchev–Trinajstić information content (AvgIpc) is 3.22. The highest BCUT2D eigenvalue weighted by Crippen LogP contribution is 2.19. The Morgan fingerprint density at radius 3 is 2.83 bits per heavy atom. The topological polar surface area (TPSA) is 101 Å². The van der Waals surface area contributed by atoms with Crippen molar-refractivity contribution in [3.05, 3.63) is 66.3 Å². The van der Waals surface area contributed by atoms with Gasteiger partial charge in [-0.05, 0) is 29.8 Å². The van der Waals surface area contributed by atoms with E-state index in [1.54, 1.807) is 12.1 Å². The average molecular weight is 323 g/mol. The van der Waals surface area contributed by atoms with Crippen LogP contribution in [0.15, 0.2) is 59.4 Å². The number of nitrogens with two attached hydrogens (primary N) is 1. The Bertz CT molecular complexity index is 878. The third-order valence-corrected chi connectivity index (χ3v) is 3.70. The molecule has 2 heterocycles. The molecule has 6 heteroatoms. The van der Waals surface area contributed by atoms with Gasteiger partial charge < -0.3 is 20.5 Å². The number of benzene rings is 1. The first kappa shape index (κ1) is 15.6. The maximum Gasteiger partial charge on any atom is 0.244 e. The summed E-state index contributed by atoms with van der Waals surface area (Å²) in [5, 5.41) is 3.63. The maximum atomic E-state index is 12.0. The molecule has 122 valence electrons. The van der Waals surface area contributed by atoms with Crippen LogP contribution in [0.3, 0.4) is 0 Å². The number of rotatable bonds is 6. The Kier molecular flexibility index (Phi) is 4.47. The third kappa shape index (κ3) is 3.55. The number of aromatic nitrogens is 1. The van der Waals surface area contributed by atoms with Gasteiger partial charge in [0, 0.05) is 29.6 Å². The molecule has 3 rings (SSSR count). The Labute approximate surface area is 138 Å². The second-order valence-electron chi connectivity index (χ2n) is 5.38. The van der Waals surface area contributed by atoms with Crippen LogP contribution in [0.1, 0.15) is 11.3 Å². The molecule has 0 unspecified atom stereocenters. The normalized spacial score (nSPS) is 12.5. The molecule has 0 fully saturated rings. The SMILES string of the molecule is NC(=O)[C@H](Cc1c[nH]c2ccccc12)NC(=O)/C=C/c1ccco1. The second kappa shape index (κ2) is 6.87. The van der Waals surface area contributed by atoms with Gasteiger partial charge >= 0.3 is 0 Å². The first-order valence-electron chi connectivity index (χ1n) is 7.50. The van der Waals surface area contributed by atoms with Crippen LogP contribution in [0, 0.1) is 0 Å². The molecule has 0 bridgehead atoms. The zero-order chi connectivity index (χ0) is 16.9. The van der Waals surface area contributed by atoms with Crippen LogP contribution in [0.5, 0.6) is 0 Å². The predicted molar refractivity (Wildman–Crippen MR) is 90.9 cm³/mol. The smallest absolute Gasteiger partial charge is 0.244 e. The fourth-order valence-electron chi connectivity index (χ4n) is 2.51. The molecule has 2 aromatic heterocycles. The molecule has 0 saturated heterocycles. The number of para-hydroxylation sites is 1. The summed E-state index contributed by atoms with van der Waals surface area (Å²) in [7, 11) is 0. The van der Waals surface area contributed by atoms with Gasteiger partial charge in [-0.2, -0.15) is 0 Å². The van der Waals surface area contributed by atoms with Gasteiger partial charge in [0.2, 0.25) is 11.8 Å². The maximum absolute atomic E-state index is 12.0. The summed E-state index contributed by atoms with van der Waals surface area (Å²) in [6, 6.07) is 10.4. The summed E-state index contributed by atoms with van der Waals surface area (Å²) in [6.07, 6.45) is 6.50. The van der Waals surface area contributed by atoms with Crippen molar-refractivity contribution < 1.29 is 14.0 Å². The van der Waals surface area contributed by atoms with Crippen LogP contribution >= 0.6 is 0 Å². The number of fused-ring (bicyclic) bond motifs is 1. The van der Waals surface area contributed by atoms with E-state index in [1.807, 2.05) is 30.5 Å². The number of nitrogens with one attached hydrogen (secondary N) is 2. The molecule has 0 saturated carbocycles. The largest absolute Gasteiger partial charge is 0.465 e. The Balaban J connectivity index is 1.71. The summed E-state index contributed by atoms with van der Waals surface area (Å²) in [5.41, 5.74) is 7.32. The summed E-state index contributed by atoms with van der Waals surface area (Å²) < 4.78 is 5.11. The number of amides is 2. The van der Waals surface area contributed by atoms with Crippen molar-refractivity contribution in [2.24, 2.45) is 5.73 Å². The minimum atomic E-state index is -0.794. The van der Waals surface area contributed by atoms with Crippen LogP contribution in [0.4, 0.5) is 0 Å². The molecule has 6 nitrogen and oxygen atoms in total. The zero-order valence-electron chi connectivity index (χ0n) is 12.9. The van der Waals surface area contributed by atoms with Crippen LogP contribution in [-0.4, -0.2) is 22.8 Å². The molecular formula is C18H17N3O3. The number of aromatic amines is 1. The number of hydrogen-bond acceptors (Lipinski definition) is 3.